The van der Waals surface area contributed by atoms with Gasteiger partial charge in [0.25, 0.3) is 0 Å². The Kier molecular flexibility index (Phi) is 4.77. The van der Waals surface area contributed by atoms with E-state index in [0.29, 0.717) is 0 Å². The van der Waals surface area contributed by atoms with Crippen LogP contribution in [0.2, 0.25) is 0 Å². The van der Waals surface area contributed by atoms with Crippen LogP contribution in [0.25, 0.3) is 0 Å². The normalized spacial score (nSPS) is 15.6. The van der Waals surface area contributed by atoms with E-state index in [4.69, 9.17) is 5.73 Å². The number of benzene rings is 2. The number of hydrogen-bond donors (Lipinski definition) is 3. The third-order valence-corrected chi connectivity index (χ3v) is 3.66. The Balaban J connectivity index is 2.01. The van der Waals surface area contributed by atoms with Gasteiger partial charge in [-0.25, -0.2) is 0 Å². The third-order valence-electron chi connectivity index (χ3n) is 3.66. The Morgan fingerprint density at radius 1 is 1.00 bits per heavy atom. The molecule has 0 saturated carbocycles. The fourth-order valence-corrected chi connectivity index (χ4v) is 2.32. The Labute approximate surface area is 119 Å². The number of hydrogen-bond acceptors (Lipinski definition) is 3. The first-order valence-corrected chi connectivity index (χ1v) is 6.84. The molecular formula is C17H21NO2. The summed E-state index contributed by atoms with van der Waals surface area (Å²) in [4.78, 5) is 0. The number of aliphatic hydroxyl groups is 1. The van der Waals surface area contributed by atoms with E-state index in [0.717, 1.165) is 17.5 Å². The molecule has 0 aliphatic heterocycles. The molecule has 0 saturated heterocycles. The van der Waals surface area contributed by atoms with Crippen LogP contribution >= 0.6 is 0 Å². The Bertz CT molecular complexity index is 524. The standard InChI is InChI=1S/C17H21NO2/c1-12(11-13-7-9-15(19)10-8-13)16(18)17(20)14-5-3-2-4-6-14/h2-10,12,16-17,19-20H,11,18H2,1H3. The Morgan fingerprint density at radius 2 is 1.60 bits per heavy atom. The summed E-state index contributed by atoms with van der Waals surface area (Å²) in [7, 11) is 0. The van der Waals surface area contributed by atoms with Gasteiger partial charge in [-0.3, -0.25) is 0 Å². The minimum atomic E-state index is -0.664. The third kappa shape index (κ3) is 3.59. The summed E-state index contributed by atoms with van der Waals surface area (Å²) >= 11 is 0. The highest BCUT2D eigenvalue weighted by molar-refractivity contribution is 5.26. The van der Waals surface area contributed by atoms with Crippen molar-refractivity contribution in [3.05, 3.63) is 65.7 Å². The quantitative estimate of drug-likeness (QED) is 0.783. The van der Waals surface area contributed by atoms with Gasteiger partial charge in [0.05, 0.1) is 6.10 Å². The molecule has 0 aromatic heterocycles. The summed E-state index contributed by atoms with van der Waals surface area (Å²) in [5.41, 5.74) is 8.12. The second kappa shape index (κ2) is 6.55. The van der Waals surface area contributed by atoms with E-state index >= 15 is 0 Å². The zero-order chi connectivity index (χ0) is 14.5. The summed E-state index contributed by atoms with van der Waals surface area (Å²) in [5, 5.41) is 19.6. The number of aromatic hydroxyl groups is 1. The number of nitrogens with two attached hydrogens (primary N) is 1. The van der Waals surface area contributed by atoms with Crippen molar-refractivity contribution in [2.75, 3.05) is 0 Å². The van der Waals surface area contributed by atoms with Gasteiger partial charge in [-0.1, -0.05) is 49.4 Å². The van der Waals surface area contributed by atoms with Crippen LogP contribution in [0.4, 0.5) is 0 Å². The lowest BCUT2D eigenvalue weighted by atomic mass is 9.88. The summed E-state index contributed by atoms with van der Waals surface area (Å²) in [6.07, 6.45) is 0.106. The molecule has 2 aromatic rings. The summed E-state index contributed by atoms with van der Waals surface area (Å²) < 4.78 is 0. The molecule has 2 rings (SSSR count). The summed E-state index contributed by atoms with van der Waals surface area (Å²) in [5.74, 6) is 0.393. The van der Waals surface area contributed by atoms with E-state index in [1.54, 1.807) is 12.1 Å². The second-order valence-electron chi connectivity index (χ2n) is 5.28. The highest BCUT2D eigenvalue weighted by atomic mass is 16.3. The molecule has 0 aliphatic carbocycles. The van der Waals surface area contributed by atoms with Gasteiger partial charge < -0.3 is 15.9 Å². The van der Waals surface area contributed by atoms with Gasteiger partial charge in [0.1, 0.15) is 5.75 Å². The monoisotopic (exact) mass is 271 g/mol. The summed E-state index contributed by atoms with van der Waals surface area (Å²) in [6.45, 7) is 2.03. The van der Waals surface area contributed by atoms with Crippen LogP contribution in [-0.4, -0.2) is 16.3 Å². The van der Waals surface area contributed by atoms with Crippen molar-refractivity contribution in [1.82, 2.24) is 0 Å². The number of rotatable bonds is 5. The SMILES string of the molecule is CC(Cc1ccc(O)cc1)C(N)C(O)c1ccccc1. The molecule has 0 bridgehead atoms. The molecular weight excluding hydrogens is 250 g/mol. The molecule has 20 heavy (non-hydrogen) atoms. The number of phenolic OH excluding ortho intramolecular Hbond substituents is 1. The molecule has 3 atom stereocenters. The largest absolute Gasteiger partial charge is 0.508 e. The molecule has 106 valence electrons. The average molecular weight is 271 g/mol. The maximum absolute atomic E-state index is 10.3. The molecule has 3 unspecified atom stereocenters. The average Bonchev–Trinajstić information content (AvgIpc) is 2.49. The predicted octanol–water partition coefficient (Wildman–Crippen LogP) is 2.63. The molecule has 4 N–H and O–H groups in total. The highest BCUT2D eigenvalue weighted by Crippen LogP contribution is 2.23. The molecule has 0 fully saturated rings. The van der Waals surface area contributed by atoms with Crippen LogP contribution in [0.5, 0.6) is 5.75 Å². The zero-order valence-electron chi connectivity index (χ0n) is 11.6. The summed E-state index contributed by atoms with van der Waals surface area (Å²) in [6, 6.07) is 16.3. The topological polar surface area (TPSA) is 66.5 Å². The van der Waals surface area contributed by atoms with Crippen LogP contribution in [-0.2, 0) is 6.42 Å². The van der Waals surface area contributed by atoms with E-state index in [9.17, 15) is 10.2 Å². The fraction of sp³-hybridized carbons (Fsp3) is 0.294. The van der Waals surface area contributed by atoms with Crippen LogP contribution in [0, 0.1) is 5.92 Å². The smallest absolute Gasteiger partial charge is 0.115 e. The fourth-order valence-electron chi connectivity index (χ4n) is 2.32. The van der Waals surface area contributed by atoms with E-state index in [1.807, 2.05) is 49.4 Å². The molecule has 0 heterocycles. The van der Waals surface area contributed by atoms with Crippen molar-refractivity contribution in [2.45, 2.75) is 25.5 Å². The lowest BCUT2D eigenvalue weighted by Crippen LogP contribution is -2.36. The van der Waals surface area contributed by atoms with Gasteiger partial charge >= 0.3 is 0 Å². The van der Waals surface area contributed by atoms with Gasteiger partial charge in [0.2, 0.25) is 0 Å². The molecule has 3 heteroatoms. The molecule has 0 spiro atoms. The van der Waals surface area contributed by atoms with Gasteiger partial charge in [0.15, 0.2) is 0 Å². The van der Waals surface area contributed by atoms with Gasteiger partial charge in [-0.2, -0.15) is 0 Å². The van der Waals surface area contributed by atoms with E-state index in [1.165, 1.54) is 0 Å². The molecule has 0 amide bonds. The van der Waals surface area contributed by atoms with Gasteiger partial charge in [-0.05, 0) is 35.6 Å². The second-order valence-corrected chi connectivity index (χ2v) is 5.28. The molecule has 3 nitrogen and oxygen atoms in total. The van der Waals surface area contributed by atoms with Crippen molar-refractivity contribution in [2.24, 2.45) is 11.7 Å². The lowest BCUT2D eigenvalue weighted by Gasteiger charge is -2.25. The predicted molar refractivity (Wildman–Crippen MR) is 80.4 cm³/mol. The van der Waals surface area contributed by atoms with Crippen molar-refractivity contribution in [1.29, 1.82) is 0 Å². The van der Waals surface area contributed by atoms with Crippen LogP contribution < -0.4 is 5.73 Å². The maximum atomic E-state index is 10.3. The highest BCUT2D eigenvalue weighted by Gasteiger charge is 2.22. The molecule has 2 aromatic carbocycles. The number of phenols is 1. The number of aliphatic hydroxyl groups excluding tert-OH is 1. The first-order valence-electron chi connectivity index (χ1n) is 6.84. The lowest BCUT2D eigenvalue weighted by molar-refractivity contribution is 0.121. The molecule has 0 aliphatic rings. The van der Waals surface area contributed by atoms with Crippen molar-refractivity contribution >= 4 is 0 Å². The van der Waals surface area contributed by atoms with Crippen molar-refractivity contribution in [3.63, 3.8) is 0 Å². The molecule has 0 radical (unpaired) electrons. The van der Waals surface area contributed by atoms with Gasteiger partial charge in [-0.15, -0.1) is 0 Å². The van der Waals surface area contributed by atoms with Crippen LogP contribution in [0.3, 0.4) is 0 Å². The van der Waals surface area contributed by atoms with Crippen molar-refractivity contribution < 1.29 is 10.2 Å². The first-order chi connectivity index (χ1) is 9.58. The van der Waals surface area contributed by atoms with Crippen LogP contribution in [0.15, 0.2) is 54.6 Å². The maximum Gasteiger partial charge on any atom is 0.115 e. The minimum Gasteiger partial charge on any atom is -0.508 e. The van der Waals surface area contributed by atoms with E-state index in [2.05, 4.69) is 0 Å². The van der Waals surface area contributed by atoms with Crippen molar-refractivity contribution in [3.8, 4) is 5.75 Å². The zero-order valence-corrected chi connectivity index (χ0v) is 11.6. The Hall–Kier alpha value is -1.84. The van der Waals surface area contributed by atoms with E-state index < -0.39 is 6.10 Å². The first kappa shape index (κ1) is 14.6. The van der Waals surface area contributed by atoms with Crippen LogP contribution in [0.1, 0.15) is 24.2 Å². The van der Waals surface area contributed by atoms with E-state index in [-0.39, 0.29) is 17.7 Å². The van der Waals surface area contributed by atoms with Gasteiger partial charge in [0, 0.05) is 6.04 Å². The minimum absolute atomic E-state index is 0.134. The Morgan fingerprint density at radius 3 is 2.20 bits per heavy atom.